The molecule has 4 heteroatoms. The van der Waals surface area contributed by atoms with Crippen LogP contribution in [0.25, 0.3) is 0 Å². The largest absolute Gasteiger partial charge is 0.493 e. The number of benzene rings is 1. The highest BCUT2D eigenvalue weighted by Crippen LogP contribution is 2.41. The molecule has 0 spiro atoms. The summed E-state index contributed by atoms with van der Waals surface area (Å²) in [6, 6.07) is 11.3. The first-order chi connectivity index (χ1) is 10.5. The monoisotopic (exact) mass is 301 g/mol. The van der Waals surface area contributed by atoms with Crippen LogP contribution >= 0.6 is 0 Å². The van der Waals surface area contributed by atoms with Gasteiger partial charge in [0.05, 0.1) is 19.8 Å². The molecular formula is C18H23NO3. The topological polar surface area (TPSA) is 51.6 Å². The van der Waals surface area contributed by atoms with Gasteiger partial charge in [0.15, 0.2) is 11.5 Å². The van der Waals surface area contributed by atoms with Gasteiger partial charge in [-0.05, 0) is 43.2 Å². The first-order valence-electron chi connectivity index (χ1n) is 7.40. The van der Waals surface area contributed by atoms with Crippen molar-refractivity contribution in [2.24, 2.45) is 0 Å². The van der Waals surface area contributed by atoms with Crippen molar-refractivity contribution in [2.75, 3.05) is 14.2 Å². The van der Waals surface area contributed by atoms with Crippen molar-refractivity contribution in [3.8, 4) is 11.5 Å². The summed E-state index contributed by atoms with van der Waals surface area (Å²) in [6.45, 7) is 3.87. The second-order valence-corrected chi connectivity index (χ2v) is 5.43. The third kappa shape index (κ3) is 3.07. The van der Waals surface area contributed by atoms with E-state index in [4.69, 9.17) is 9.47 Å². The van der Waals surface area contributed by atoms with Crippen LogP contribution in [-0.4, -0.2) is 24.3 Å². The second kappa shape index (κ2) is 6.79. The molecule has 2 atom stereocenters. The van der Waals surface area contributed by atoms with Crippen molar-refractivity contribution in [2.45, 2.75) is 31.8 Å². The zero-order valence-corrected chi connectivity index (χ0v) is 13.5. The number of pyridine rings is 1. The molecule has 0 saturated heterocycles. The normalized spacial score (nSPS) is 15.0. The molecule has 2 aromatic rings. The predicted octanol–water partition coefficient (Wildman–Crippen LogP) is 3.50. The Labute approximate surface area is 131 Å². The van der Waals surface area contributed by atoms with E-state index < -0.39 is 5.60 Å². The van der Waals surface area contributed by atoms with E-state index in [0.717, 1.165) is 17.7 Å². The molecule has 1 aromatic carbocycles. The molecule has 0 aliphatic heterocycles. The number of aliphatic hydroxyl groups is 1. The summed E-state index contributed by atoms with van der Waals surface area (Å²) in [7, 11) is 3.19. The minimum atomic E-state index is -1.05. The van der Waals surface area contributed by atoms with Crippen LogP contribution in [0.1, 0.15) is 37.4 Å². The maximum absolute atomic E-state index is 11.1. The first kappa shape index (κ1) is 16.3. The number of aromatic nitrogens is 1. The summed E-state index contributed by atoms with van der Waals surface area (Å²) < 4.78 is 10.6. The van der Waals surface area contributed by atoms with Crippen molar-refractivity contribution in [1.29, 1.82) is 0 Å². The fourth-order valence-corrected chi connectivity index (χ4v) is 2.83. The maximum Gasteiger partial charge on any atom is 0.161 e. The van der Waals surface area contributed by atoms with Crippen LogP contribution in [0.15, 0.2) is 42.6 Å². The van der Waals surface area contributed by atoms with E-state index in [0.29, 0.717) is 11.5 Å². The van der Waals surface area contributed by atoms with E-state index in [2.05, 4.69) is 11.9 Å². The van der Waals surface area contributed by atoms with Crippen LogP contribution in [0.3, 0.4) is 0 Å². The smallest absolute Gasteiger partial charge is 0.161 e. The molecular weight excluding hydrogens is 278 g/mol. The highest BCUT2D eigenvalue weighted by molar-refractivity contribution is 5.45. The van der Waals surface area contributed by atoms with E-state index in [1.54, 1.807) is 20.4 Å². The van der Waals surface area contributed by atoms with E-state index in [9.17, 15) is 5.11 Å². The molecule has 0 aliphatic carbocycles. The fraction of sp³-hybridized carbons (Fsp3) is 0.389. The Morgan fingerprint density at radius 2 is 1.86 bits per heavy atom. The number of ether oxygens (including phenoxy) is 2. The molecule has 118 valence electrons. The average Bonchev–Trinajstić information content (AvgIpc) is 2.55. The number of rotatable bonds is 6. The van der Waals surface area contributed by atoms with Gasteiger partial charge in [0.2, 0.25) is 0 Å². The molecule has 0 saturated carbocycles. The van der Waals surface area contributed by atoms with Gasteiger partial charge in [-0.1, -0.05) is 19.1 Å². The SMILES string of the molecule is CC[C@@H](c1ccccn1)[C@](C)(O)c1ccc(OC)c(OC)c1. The highest BCUT2D eigenvalue weighted by Gasteiger charge is 2.35. The van der Waals surface area contributed by atoms with E-state index in [-0.39, 0.29) is 5.92 Å². The van der Waals surface area contributed by atoms with Gasteiger partial charge in [0, 0.05) is 17.8 Å². The summed E-state index contributed by atoms with van der Waals surface area (Å²) in [5.41, 5.74) is 0.607. The van der Waals surface area contributed by atoms with Gasteiger partial charge in [-0.2, -0.15) is 0 Å². The van der Waals surface area contributed by atoms with Crippen LogP contribution in [0, 0.1) is 0 Å². The molecule has 0 radical (unpaired) electrons. The van der Waals surface area contributed by atoms with Gasteiger partial charge in [-0.25, -0.2) is 0 Å². The summed E-state index contributed by atoms with van der Waals surface area (Å²) >= 11 is 0. The Morgan fingerprint density at radius 1 is 1.14 bits per heavy atom. The first-order valence-corrected chi connectivity index (χ1v) is 7.40. The number of hydrogen-bond donors (Lipinski definition) is 1. The van der Waals surface area contributed by atoms with Crippen molar-refractivity contribution in [3.63, 3.8) is 0 Å². The van der Waals surface area contributed by atoms with Crippen molar-refractivity contribution in [1.82, 2.24) is 4.98 Å². The van der Waals surface area contributed by atoms with Gasteiger partial charge >= 0.3 is 0 Å². The predicted molar refractivity (Wildman–Crippen MR) is 86.4 cm³/mol. The maximum atomic E-state index is 11.1. The lowest BCUT2D eigenvalue weighted by molar-refractivity contribution is 0.0233. The van der Waals surface area contributed by atoms with Crippen LogP contribution in [0.5, 0.6) is 11.5 Å². The van der Waals surface area contributed by atoms with E-state index in [1.807, 2.05) is 43.3 Å². The van der Waals surface area contributed by atoms with Gasteiger partial charge in [0.25, 0.3) is 0 Å². The Hall–Kier alpha value is -2.07. The lowest BCUT2D eigenvalue weighted by Crippen LogP contribution is -2.30. The highest BCUT2D eigenvalue weighted by atomic mass is 16.5. The van der Waals surface area contributed by atoms with Crippen LogP contribution in [0.2, 0.25) is 0 Å². The standard InChI is InChI=1S/C18H23NO3/c1-5-14(15-8-6-7-11-19-15)18(2,20)13-9-10-16(21-3)17(12-13)22-4/h6-12,14,20H,5H2,1-4H3/t14-,18+/m0/s1. The van der Waals surface area contributed by atoms with Gasteiger partial charge < -0.3 is 14.6 Å². The van der Waals surface area contributed by atoms with Gasteiger partial charge in [-0.3, -0.25) is 4.98 Å². The van der Waals surface area contributed by atoms with Gasteiger partial charge in [-0.15, -0.1) is 0 Å². The molecule has 0 amide bonds. The number of nitrogens with zero attached hydrogens (tertiary/aromatic N) is 1. The van der Waals surface area contributed by atoms with Crippen molar-refractivity contribution >= 4 is 0 Å². The summed E-state index contributed by atoms with van der Waals surface area (Å²) in [6.07, 6.45) is 2.53. The third-order valence-corrected chi connectivity index (χ3v) is 4.10. The Morgan fingerprint density at radius 3 is 2.41 bits per heavy atom. The zero-order chi connectivity index (χ0) is 16.2. The average molecular weight is 301 g/mol. The lowest BCUT2D eigenvalue weighted by Gasteiger charge is -2.33. The molecule has 0 aliphatic rings. The fourth-order valence-electron chi connectivity index (χ4n) is 2.83. The Balaban J connectivity index is 2.44. The number of hydrogen-bond acceptors (Lipinski definition) is 4. The lowest BCUT2D eigenvalue weighted by atomic mass is 9.79. The van der Waals surface area contributed by atoms with Crippen LogP contribution in [-0.2, 0) is 5.60 Å². The minimum Gasteiger partial charge on any atom is -0.493 e. The Bertz CT molecular complexity index is 611. The third-order valence-electron chi connectivity index (χ3n) is 4.10. The summed E-state index contributed by atoms with van der Waals surface area (Å²) in [5.74, 6) is 1.15. The zero-order valence-electron chi connectivity index (χ0n) is 13.5. The summed E-state index contributed by atoms with van der Waals surface area (Å²) in [5, 5.41) is 11.1. The molecule has 1 N–H and O–H groups in total. The Kier molecular flexibility index (Phi) is 5.03. The molecule has 22 heavy (non-hydrogen) atoms. The minimum absolute atomic E-state index is 0.105. The number of methoxy groups -OCH3 is 2. The molecule has 1 heterocycles. The molecule has 0 unspecified atom stereocenters. The van der Waals surface area contributed by atoms with Crippen molar-refractivity contribution in [3.05, 3.63) is 53.9 Å². The molecule has 0 bridgehead atoms. The molecule has 2 rings (SSSR count). The van der Waals surface area contributed by atoms with Crippen LogP contribution < -0.4 is 9.47 Å². The van der Waals surface area contributed by atoms with E-state index >= 15 is 0 Å². The van der Waals surface area contributed by atoms with Crippen LogP contribution in [0.4, 0.5) is 0 Å². The molecule has 0 fully saturated rings. The quantitative estimate of drug-likeness (QED) is 0.887. The van der Waals surface area contributed by atoms with E-state index in [1.165, 1.54) is 0 Å². The summed E-state index contributed by atoms with van der Waals surface area (Å²) in [4.78, 5) is 4.40. The molecule has 4 nitrogen and oxygen atoms in total. The van der Waals surface area contributed by atoms with Gasteiger partial charge in [0.1, 0.15) is 0 Å². The molecule has 1 aromatic heterocycles. The van der Waals surface area contributed by atoms with Crippen molar-refractivity contribution < 1.29 is 14.6 Å². The second-order valence-electron chi connectivity index (χ2n) is 5.43.